The summed E-state index contributed by atoms with van der Waals surface area (Å²) in [5.41, 5.74) is 4.09. The van der Waals surface area contributed by atoms with Crippen molar-refractivity contribution in [1.82, 2.24) is 4.98 Å². The van der Waals surface area contributed by atoms with Crippen molar-refractivity contribution in [2.45, 2.75) is 18.9 Å². The Hall–Kier alpha value is -3.86. The second-order valence-electron chi connectivity index (χ2n) is 7.65. The van der Waals surface area contributed by atoms with Gasteiger partial charge in [0.2, 0.25) is 0 Å². The third kappa shape index (κ3) is 3.82. The van der Waals surface area contributed by atoms with Gasteiger partial charge in [0.1, 0.15) is 23.4 Å². The Morgan fingerprint density at radius 2 is 1.58 bits per heavy atom. The van der Waals surface area contributed by atoms with Crippen LogP contribution in [-0.2, 0) is 12.8 Å². The SMILES string of the molecule is O=C1C(Cc2ccccc2F)Nc2c(Cc3ccccc3)nc(-c3ccccc3)c[n+]21. The van der Waals surface area contributed by atoms with E-state index in [1.165, 1.54) is 6.07 Å². The predicted molar refractivity (Wildman–Crippen MR) is 117 cm³/mol. The van der Waals surface area contributed by atoms with E-state index in [4.69, 9.17) is 4.98 Å². The van der Waals surface area contributed by atoms with Crippen molar-refractivity contribution < 1.29 is 13.8 Å². The van der Waals surface area contributed by atoms with E-state index < -0.39 is 6.04 Å². The van der Waals surface area contributed by atoms with Crippen LogP contribution in [0.5, 0.6) is 0 Å². The molecule has 3 aromatic carbocycles. The monoisotopic (exact) mass is 410 g/mol. The topological polar surface area (TPSA) is 45.9 Å². The van der Waals surface area contributed by atoms with Gasteiger partial charge in [-0.3, -0.25) is 5.32 Å². The molecule has 5 rings (SSSR count). The number of hydrogen-bond acceptors (Lipinski definition) is 3. The molecule has 0 radical (unpaired) electrons. The predicted octanol–water partition coefficient (Wildman–Crippen LogP) is 4.44. The van der Waals surface area contributed by atoms with Crippen LogP contribution in [0.25, 0.3) is 11.3 Å². The molecule has 1 unspecified atom stereocenters. The zero-order valence-corrected chi connectivity index (χ0v) is 16.8. The Balaban J connectivity index is 1.55. The summed E-state index contributed by atoms with van der Waals surface area (Å²) in [6.45, 7) is 0. The van der Waals surface area contributed by atoms with E-state index in [0.717, 1.165) is 22.5 Å². The maximum atomic E-state index is 14.2. The molecular formula is C26H21FN3O+. The number of carbonyl (C=O) groups is 1. The van der Waals surface area contributed by atoms with Crippen LogP contribution in [0, 0.1) is 5.82 Å². The first-order chi connectivity index (χ1) is 15.2. The molecule has 4 nitrogen and oxygen atoms in total. The molecular weight excluding hydrogens is 389 g/mol. The lowest BCUT2D eigenvalue weighted by Gasteiger charge is -2.07. The third-order valence-electron chi connectivity index (χ3n) is 5.53. The Morgan fingerprint density at radius 1 is 0.903 bits per heavy atom. The average molecular weight is 410 g/mol. The highest BCUT2D eigenvalue weighted by Gasteiger charge is 2.41. The van der Waals surface area contributed by atoms with Crippen molar-refractivity contribution in [3.05, 3.63) is 114 Å². The molecule has 2 heterocycles. The van der Waals surface area contributed by atoms with Gasteiger partial charge in [-0.25, -0.2) is 14.2 Å². The second kappa shape index (κ2) is 8.11. The van der Waals surface area contributed by atoms with E-state index in [1.54, 1.807) is 29.0 Å². The van der Waals surface area contributed by atoms with Gasteiger partial charge in [-0.15, -0.1) is 0 Å². The number of benzene rings is 3. The van der Waals surface area contributed by atoms with Gasteiger partial charge in [0.15, 0.2) is 6.04 Å². The number of aromatic nitrogens is 2. The summed E-state index contributed by atoms with van der Waals surface area (Å²) in [7, 11) is 0. The number of nitrogens with zero attached hydrogens (tertiary/aromatic N) is 2. The van der Waals surface area contributed by atoms with Crippen LogP contribution in [0.1, 0.15) is 21.6 Å². The molecule has 0 bridgehead atoms. The Labute approximate surface area is 180 Å². The van der Waals surface area contributed by atoms with Gasteiger partial charge >= 0.3 is 11.7 Å². The summed E-state index contributed by atoms with van der Waals surface area (Å²) in [5, 5.41) is 3.31. The first-order valence-electron chi connectivity index (χ1n) is 10.3. The van der Waals surface area contributed by atoms with Gasteiger partial charge in [-0.1, -0.05) is 78.9 Å². The van der Waals surface area contributed by atoms with Crippen molar-refractivity contribution in [3.8, 4) is 11.3 Å². The van der Waals surface area contributed by atoms with E-state index in [9.17, 15) is 9.18 Å². The number of fused-ring (bicyclic) bond motifs is 1. The molecule has 152 valence electrons. The minimum absolute atomic E-state index is 0.104. The Morgan fingerprint density at radius 3 is 2.32 bits per heavy atom. The normalized spacial score (nSPS) is 14.9. The zero-order valence-electron chi connectivity index (χ0n) is 16.8. The third-order valence-corrected chi connectivity index (χ3v) is 5.53. The van der Waals surface area contributed by atoms with Crippen molar-refractivity contribution in [2.24, 2.45) is 0 Å². The highest BCUT2D eigenvalue weighted by atomic mass is 19.1. The van der Waals surface area contributed by atoms with Crippen molar-refractivity contribution >= 4 is 11.7 Å². The summed E-state index contributed by atoms with van der Waals surface area (Å²) in [4.78, 5) is 18.1. The maximum absolute atomic E-state index is 14.2. The fourth-order valence-electron chi connectivity index (χ4n) is 3.96. The molecule has 1 aliphatic heterocycles. The van der Waals surface area contributed by atoms with Crippen LogP contribution in [-0.4, -0.2) is 16.9 Å². The minimum Gasteiger partial charge on any atom is -0.258 e. The lowest BCUT2D eigenvalue weighted by molar-refractivity contribution is -0.552. The number of anilines is 1. The Bertz CT molecular complexity index is 1240. The van der Waals surface area contributed by atoms with Crippen LogP contribution in [0.2, 0.25) is 0 Å². The molecule has 1 N–H and O–H groups in total. The van der Waals surface area contributed by atoms with Gasteiger partial charge in [-0.2, -0.15) is 4.57 Å². The number of hydrogen-bond donors (Lipinski definition) is 1. The lowest BCUT2D eigenvalue weighted by atomic mass is 10.1. The number of carbonyl (C=O) groups excluding carboxylic acids is 1. The first kappa shape index (κ1) is 19.1. The summed E-state index contributed by atoms with van der Waals surface area (Å²) < 4.78 is 15.8. The lowest BCUT2D eigenvalue weighted by Crippen LogP contribution is -2.44. The molecule has 31 heavy (non-hydrogen) atoms. The van der Waals surface area contributed by atoms with Crippen molar-refractivity contribution in [3.63, 3.8) is 0 Å². The molecule has 4 aromatic rings. The first-order valence-corrected chi connectivity index (χ1v) is 10.3. The highest BCUT2D eigenvalue weighted by Crippen LogP contribution is 2.25. The summed E-state index contributed by atoms with van der Waals surface area (Å²) in [5.74, 6) is 0.271. The van der Waals surface area contributed by atoms with Crippen LogP contribution >= 0.6 is 0 Å². The fourth-order valence-corrected chi connectivity index (χ4v) is 3.96. The standard InChI is InChI=1S/C26H20FN3O/c27-21-14-8-7-13-20(21)16-23-26(31)30-17-24(19-11-5-2-6-12-19)28-22(25(30)29-23)15-18-9-3-1-4-10-18/h1-14,17,23H,15-16H2/p+1. The summed E-state index contributed by atoms with van der Waals surface area (Å²) in [6.07, 6.45) is 2.64. The van der Waals surface area contributed by atoms with Gasteiger partial charge in [0.25, 0.3) is 0 Å². The van der Waals surface area contributed by atoms with Crippen LogP contribution in [0.3, 0.4) is 0 Å². The van der Waals surface area contributed by atoms with Gasteiger partial charge in [0, 0.05) is 18.4 Å². The number of nitrogens with one attached hydrogen (secondary N) is 1. The number of rotatable bonds is 5. The molecule has 1 atom stereocenters. The Kier molecular flexibility index (Phi) is 5.00. The smallest absolute Gasteiger partial charge is 0.258 e. The van der Waals surface area contributed by atoms with Gasteiger partial charge < -0.3 is 0 Å². The molecule has 0 amide bonds. The second-order valence-corrected chi connectivity index (χ2v) is 7.65. The molecule has 0 saturated heterocycles. The largest absolute Gasteiger partial charge is 0.359 e. The summed E-state index contributed by atoms with van der Waals surface area (Å²) >= 11 is 0. The van der Waals surface area contributed by atoms with E-state index in [0.29, 0.717) is 17.8 Å². The average Bonchev–Trinajstić information content (AvgIpc) is 3.12. The minimum atomic E-state index is -0.542. The molecule has 0 fully saturated rings. The quantitative estimate of drug-likeness (QED) is 0.495. The number of halogens is 1. The van der Waals surface area contributed by atoms with Crippen LogP contribution in [0.4, 0.5) is 10.2 Å². The molecule has 5 heteroatoms. The van der Waals surface area contributed by atoms with E-state index in [-0.39, 0.29) is 18.1 Å². The zero-order chi connectivity index (χ0) is 21.2. The maximum Gasteiger partial charge on any atom is 0.359 e. The van der Waals surface area contributed by atoms with Gasteiger partial charge in [0.05, 0.1) is 0 Å². The van der Waals surface area contributed by atoms with E-state index >= 15 is 0 Å². The molecule has 0 saturated carbocycles. The van der Waals surface area contributed by atoms with Crippen LogP contribution in [0.15, 0.2) is 91.1 Å². The molecule has 1 aromatic heterocycles. The van der Waals surface area contributed by atoms with Crippen LogP contribution < -0.4 is 9.88 Å². The van der Waals surface area contributed by atoms with Crippen molar-refractivity contribution in [1.29, 1.82) is 0 Å². The fraction of sp³-hybridized carbons (Fsp3) is 0.115. The van der Waals surface area contributed by atoms with Gasteiger partial charge in [-0.05, 0) is 17.2 Å². The molecule has 1 aliphatic rings. The van der Waals surface area contributed by atoms with E-state index in [1.807, 2.05) is 60.7 Å². The highest BCUT2D eigenvalue weighted by molar-refractivity contribution is 5.82. The molecule has 0 spiro atoms. The molecule has 0 aliphatic carbocycles. The van der Waals surface area contributed by atoms with Crippen molar-refractivity contribution in [2.75, 3.05) is 5.32 Å². The summed E-state index contributed by atoms with van der Waals surface area (Å²) in [6, 6.07) is 25.9. The van der Waals surface area contributed by atoms with E-state index in [2.05, 4.69) is 5.32 Å².